The molecule has 1 rings (SSSR count). The minimum absolute atomic E-state index is 0.0744. The van der Waals surface area contributed by atoms with E-state index in [0.717, 1.165) is 13.0 Å². The molecule has 0 amide bonds. The second-order valence-electron chi connectivity index (χ2n) is 3.91. The molecule has 6 heteroatoms. The van der Waals surface area contributed by atoms with Crippen LogP contribution in [0, 0.1) is 5.82 Å². The molecule has 0 atom stereocenters. The molecule has 5 N–H and O–H groups in total. The van der Waals surface area contributed by atoms with Crippen LogP contribution in [-0.2, 0) is 0 Å². The Morgan fingerprint density at radius 2 is 2.06 bits per heavy atom. The number of nitrogens with one attached hydrogen (secondary N) is 1. The number of benzene rings is 1. The Morgan fingerprint density at radius 1 is 1.41 bits per heavy atom. The number of anilines is 3. The van der Waals surface area contributed by atoms with Crippen LogP contribution in [0.25, 0.3) is 0 Å². The van der Waals surface area contributed by atoms with Crippen LogP contribution in [-0.4, -0.2) is 27.2 Å². The maximum atomic E-state index is 13.9. The predicted octanol–water partition coefficient (Wildman–Crippen LogP) is 1.69. The van der Waals surface area contributed by atoms with Gasteiger partial charge in [-0.2, -0.15) is 0 Å². The van der Waals surface area contributed by atoms with Gasteiger partial charge < -0.3 is 21.7 Å². The summed E-state index contributed by atoms with van der Waals surface area (Å²) in [5, 5.41) is 2.95. The highest BCUT2D eigenvalue weighted by molar-refractivity contribution is 6.33. The molecule has 96 valence electrons. The maximum Gasteiger partial charge on any atom is 0.169 e. The summed E-state index contributed by atoms with van der Waals surface area (Å²) in [4.78, 5) is 1.74. The minimum Gasteiger partial charge on any atom is -0.397 e. The average Bonchev–Trinajstić information content (AvgIpc) is 2.26. The number of nitrogens with zero attached hydrogens (tertiary/aromatic N) is 1. The van der Waals surface area contributed by atoms with Crippen molar-refractivity contribution < 1.29 is 4.39 Å². The lowest BCUT2D eigenvalue weighted by molar-refractivity contribution is 0.620. The summed E-state index contributed by atoms with van der Waals surface area (Å²) in [6.07, 6.45) is 0.883. The lowest BCUT2D eigenvalue weighted by atomic mass is 10.2. The van der Waals surface area contributed by atoms with Crippen LogP contribution >= 0.6 is 11.6 Å². The summed E-state index contributed by atoms with van der Waals surface area (Å²) in [5.74, 6) is -0.559. The van der Waals surface area contributed by atoms with E-state index in [4.69, 9.17) is 23.1 Å². The van der Waals surface area contributed by atoms with Crippen molar-refractivity contribution >= 4 is 28.7 Å². The first kappa shape index (κ1) is 13.9. The first-order valence-corrected chi connectivity index (χ1v) is 5.75. The Balaban J connectivity index is 2.93. The number of nitrogen functional groups attached to an aromatic ring is 2. The monoisotopic (exact) mass is 260 g/mol. The summed E-state index contributed by atoms with van der Waals surface area (Å²) in [6, 6.07) is 1.48. The Labute approximate surface area is 106 Å². The van der Waals surface area contributed by atoms with Gasteiger partial charge in [0.25, 0.3) is 0 Å². The van der Waals surface area contributed by atoms with Crippen LogP contribution in [0.5, 0.6) is 0 Å². The first-order chi connectivity index (χ1) is 7.99. The van der Waals surface area contributed by atoms with Crippen molar-refractivity contribution in [3.05, 3.63) is 16.9 Å². The van der Waals surface area contributed by atoms with E-state index in [1.165, 1.54) is 6.07 Å². The average molecular weight is 261 g/mol. The molecule has 0 saturated carbocycles. The fourth-order valence-corrected chi connectivity index (χ4v) is 1.79. The molecule has 0 aliphatic heterocycles. The largest absolute Gasteiger partial charge is 0.397 e. The highest BCUT2D eigenvalue weighted by Gasteiger charge is 2.17. The number of halogens is 2. The van der Waals surface area contributed by atoms with Gasteiger partial charge in [0.1, 0.15) is 5.02 Å². The molecule has 0 spiro atoms. The predicted molar refractivity (Wildman–Crippen MR) is 72.0 cm³/mol. The molecular formula is C11H18ClFN4. The van der Waals surface area contributed by atoms with Crippen LogP contribution in [0.1, 0.15) is 6.42 Å². The van der Waals surface area contributed by atoms with Crippen molar-refractivity contribution in [3.63, 3.8) is 0 Å². The Kier molecular flexibility index (Phi) is 4.84. The van der Waals surface area contributed by atoms with Crippen molar-refractivity contribution in [1.29, 1.82) is 0 Å². The molecule has 0 aliphatic rings. The Bertz CT molecular complexity index is 398. The molecule has 0 radical (unpaired) electrons. The third kappa shape index (κ3) is 3.14. The molecule has 0 heterocycles. The van der Waals surface area contributed by atoms with Gasteiger partial charge in [0.05, 0.1) is 17.1 Å². The first-order valence-electron chi connectivity index (χ1n) is 5.37. The molecule has 0 unspecified atom stereocenters. The van der Waals surface area contributed by atoms with Gasteiger partial charge in [0.2, 0.25) is 0 Å². The van der Waals surface area contributed by atoms with Crippen molar-refractivity contribution in [3.8, 4) is 0 Å². The van der Waals surface area contributed by atoms with Crippen LogP contribution in [0.3, 0.4) is 0 Å². The van der Waals surface area contributed by atoms with Gasteiger partial charge in [-0.3, -0.25) is 0 Å². The molecule has 0 saturated heterocycles. The Hall–Kier alpha value is -1.20. The van der Waals surface area contributed by atoms with E-state index in [1.807, 2.05) is 7.05 Å². The molecule has 0 bridgehead atoms. The lowest BCUT2D eigenvalue weighted by Gasteiger charge is -2.22. The summed E-state index contributed by atoms with van der Waals surface area (Å²) in [5.41, 5.74) is 12.1. The molecule has 1 aromatic carbocycles. The topological polar surface area (TPSA) is 67.3 Å². The second-order valence-corrected chi connectivity index (χ2v) is 4.29. The number of hydrogen-bond acceptors (Lipinski definition) is 4. The van der Waals surface area contributed by atoms with Gasteiger partial charge in [-0.25, -0.2) is 4.39 Å². The fraction of sp³-hybridized carbons (Fsp3) is 0.455. The number of rotatable bonds is 5. The van der Waals surface area contributed by atoms with Gasteiger partial charge in [0.15, 0.2) is 5.82 Å². The zero-order valence-electron chi connectivity index (χ0n) is 10.1. The minimum atomic E-state index is -0.559. The van der Waals surface area contributed by atoms with E-state index in [2.05, 4.69) is 5.32 Å². The van der Waals surface area contributed by atoms with Crippen LogP contribution in [0.15, 0.2) is 6.07 Å². The van der Waals surface area contributed by atoms with Crippen LogP contribution in [0.4, 0.5) is 21.5 Å². The van der Waals surface area contributed by atoms with E-state index >= 15 is 0 Å². The highest BCUT2D eigenvalue weighted by atomic mass is 35.5. The standard InChI is InChI=1S/C11H18ClFN4/c1-16-4-3-5-17(2)11-8(15)6-7(14)9(12)10(11)13/h6,16H,3-5,14-15H2,1-2H3. The van der Waals surface area contributed by atoms with E-state index in [9.17, 15) is 4.39 Å². The van der Waals surface area contributed by atoms with Crippen LogP contribution in [0.2, 0.25) is 5.02 Å². The second kappa shape index (κ2) is 5.93. The van der Waals surface area contributed by atoms with Crippen molar-refractivity contribution in [2.45, 2.75) is 6.42 Å². The molecule has 0 aliphatic carbocycles. The summed E-state index contributed by atoms with van der Waals surface area (Å²) >= 11 is 5.77. The van der Waals surface area contributed by atoms with Gasteiger partial charge in [0, 0.05) is 13.6 Å². The van der Waals surface area contributed by atoms with Gasteiger partial charge in [-0.15, -0.1) is 0 Å². The Morgan fingerprint density at radius 3 is 2.65 bits per heavy atom. The lowest BCUT2D eigenvalue weighted by Crippen LogP contribution is -2.24. The van der Waals surface area contributed by atoms with Gasteiger partial charge >= 0.3 is 0 Å². The zero-order chi connectivity index (χ0) is 13.0. The smallest absolute Gasteiger partial charge is 0.169 e. The van der Waals surface area contributed by atoms with E-state index in [0.29, 0.717) is 17.9 Å². The summed E-state index contributed by atoms with van der Waals surface area (Å²) < 4.78 is 13.9. The van der Waals surface area contributed by atoms with E-state index in [1.54, 1.807) is 11.9 Å². The SMILES string of the molecule is CNCCCN(C)c1c(N)cc(N)c(Cl)c1F. The van der Waals surface area contributed by atoms with Crippen LogP contribution < -0.4 is 21.7 Å². The van der Waals surface area contributed by atoms with Crippen molar-refractivity contribution in [2.24, 2.45) is 0 Å². The van der Waals surface area contributed by atoms with E-state index < -0.39 is 5.82 Å². The normalized spacial score (nSPS) is 10.6. The van der Waals surface area contributed by atoms with Crippen molar-refractivity contribution in [1.82, 2.24) is 5.32 Å². The third-order valence-electron chi connectivity index (χ3n) is 2.54. The van der Waals surface area contributed by atoms with Gasteiger partial charge in [-0.05, 0) is 26.1 Å². The number of hydrogen-bond donors (Lipinski definition) is 3. The highest BCUT2D eigenvalue weighted by Crippen LogP contribution is 2.35. The van der Waals surface area contributed by atoms with Crippen molar-refractivity contribution in [2.75, 3.05) is 43.6 Å². The maximum absolute atomic E-state index is 13.9. The zero-order valence-corrected chi connectivity index (χ0v) is 10.8. The number of nitrogens with two attached hydrogens (primary N) is 2. The fourth-order valence-electron chi connectivity index (χ4n) is 1.65. The summed E-state index contributed by atoms with van der Waals surface area (Å²) in [6.45, 7) is 1.54. The molecule has 1 aromatic rings. The van der Waals surface area contributed by atoms with E-state index in [-0.39, 0.29) is 10.7 Å². The quantitative estimate of drug-likeness (QED) is 0.557. The molecule has 4 nitrogen and oxygen atoms in total. The molecule has 0 aromatic heterocycles. The third-order valence-corrected chi connectivity index (χ3v) is 2.92. The summed E-state index contributed by atoms with van der Waals surface area (Å²) in [7, 11) is 3.64. The molecular weight excluding hydrogens is 243 g/mol. The molecule has 17 heavy (non-hydrogen) atoms. The van der Waals surface area contributed by atoms with Gasteiger partial charge in [-0.1, -0.05) is 11.6 Å². The molecule has 0 fully saturated rings.